The van der Waals surface area contributed by atoms with Crippen molar-refractivity contribution in [1.82, 2.24) is 24.0 Å². The molecule has 150 valence electrons. The van der Waals surface area contributed by atoms with Crippen LogP contribution < -0.4 is 0 Å². The molecule has 0 aromatic carbocycles. The molecule has 0 spiro atoms. The predicted octanol–water partition coefficient (Wildman–Crippen LogP) is 1.45. The highest BCUT2D eigenvalue weighted by molar-refractivity contribution is 7.89. The fourth-order valence-corrected chi connectivity index (χ4v) is 5.50. The first-order valence-electron chi connectivity index (χ1n) is 9.25. The number of carbonyl (C=O) groups excluding carboxylic acids is 1. The average molecular weight is 424 g/mol. The van der Waals surface area contributed by atoms with Crippen LogP contribution in [0.5, 0.6) is 0 Å². The summed E-state index contributed by atoms with van der Waals surface area (Å²) in [5.74, 6) is -0.0712. The van der Waals surface area contributed by atoms with Crippen LogP contribution in [0.4, 0.5) is 0 Å². The van der Waals surface area contributed by atoms with Gasteiger partial charge in [-0.3, -0.25) is 14.5 Å². The molecule has 1 saturated heterocycles. The summed E-state index contributed by atoms with van der Waals surface area (Å²) in [5, 5.41) is 4.51. The molecule has 2 aromatic rings. The maximum atomic E-state index is 13.0. The van der Waals surface area contributed by atoms with E-state index in [9.17, 15) is 13.2 Å². The van der Waals surface area contributed by atoms with Gasteiger partial charge in [-0.25, -0.2) is 8.42 Å². The molecule has 1 amide bonds. The van der Waals surface area contributed by atoms with Gasteiger partial charge in [-0.15, -0.1) is 0 Å². The monoisotopic (exact) mass is 423 g/mol. The Balaban J connectivity index is 1.39. The Morgan fingerprint density at radius 3 is 2.64 bits per heavy atom. The number of hydrogen-bond acceptors (Lipinski definition) is 5. The molecule has 2 aliphatic heterocycles. The molecular weight excluding hydrogens is 402 g/mol. The van der Waals surface area contributed by atoms with Crippen LogP contribution in [0.25, 0.3) is 0 Å². The van der Waals surface area contributed by atoms with E-state index in [0.717, 1.165) is 11.3 Å². The van der Waals surface area contributed by atoms with Crippen molar-refractivity contribution in [2.75, 3.05) is 19.6 Å². The fraction of sp³-hybridized carbons (Fsp3) is 0.500. The Labute approximate surface area is 169 Å². The van der Waals surface area contributed by atoms with Crippen LogP contribution in [0.1, 0.15) is 24.1 Å². The number of pyridine rings is 1. The van der Waals surface area contributed by atoms with Crippen molar-refractivity contribution in [3.8, 4) is 0 Å². The summed E-state index contributed by atoms with van der Waals surface area (Å²) in [4.78, 5) is 19.3. The molecule has 0 N–H and O–H groups in total. The van der Waals surface area contributed by atoms with Gasteiger partial charge < -0.3 is 4.90 Å². The molecule has 0 atom stereocenters. The predicted molar refractivity (Wildman–Crippen MR) is 103 cm³/mol. The van der Waals surface area contributed by atoms with Gasteiger partial charge >= 0.3 is 0 Å². The van der Waals surface area contributed by atoms with Gasteiger partial charge in [0.15, 0.2) is 0 Å². The first kappa shape index (κ1) is 19.4. The van der Waals surface area contributed by atoms with Crippen LogP contribution in [-0.4, -0.2) is 57.9 Å². The smallest absolute Gasteiger partial charge is 0.246 e. The second-order valence-electron chi connectivity index (χ2n) is 7.30. The minimum atomic E-state index is -3.56. The van der Waals surface area contributed by atoms with E-state index >= 15 is 0 Å². The molecule has 0 bridgehead atoms. The second-order valence-corrected chi connectivity index (χ2v) is 9.67. The summed E-state index contributed by atoms with van der Waals surface area (Å²) in [6.45, 7) is 1.82. The topological polar surface area (TPSA) is 88.4 Å². The van der Waals surface area contributed by atoms with E-state index in [0.29, 0.717) is 50.5 Å². The molecule has 8 nitrogen and oxygen atoms in total. The molecule has 0 unspecified atom stereocenters. The van der Waals surface area contributed by atoms with Gasteiger partial charge in [0.1, 0.15) is 4.90 Å². The lowest BCUT2D eigenvalue weighted by Gasteiger charge is -2.35. The lowest BCUT2D eigenvalue weighted by atomic mass is 9.95. The second kappa shape index (κ2) is 7.46. The molecule has 0 radical (unpaired) electrons. The van der Waals surface area contributed by atoms with Gasteiger partial charge in [-0.1, -0.05) is 11.6 Å². The summed E-state index contributed by atoms with van der Waals surface area (Å²) in [6, 6.07) is 1.87. The lowest BCUT2D eigenvalue weighted by Crippen LogP contribution is -2.45. The first-order valence-corrected chi connectivity index (χ1v) is 11.1. The number of hydrogen-bond donors (Lipinski definition) is 0. The summed E-state index contributed by atoms with van der Waals surface area (Å²) >= 11 is 6.03. The molecule has 0 aliphatic carbocycles. The Hall–Kier alpha value is -1.97. The van der Waals surface area contributed by atoms with Crippen LogP contribution >= 0.6 is 11.6 Å². The third kappa shape index (κ3) is 3.66. The van der Waals surface area contributed by atoms with Gasteiger partial charge in [0.2, 0.25) is 15.9 Å². The first-order chi connectivity index (χ1) is 13.3. The van der Waals surface area contributed by atoms with Gasteiger partial charge in [0, 0.05) is 63.7 Å². The molecule has 2 aliphatic rings. The van der Waals surface area contributed by atoms with Crippen molar-refractivity contribution in [2.45, 2.75) is 30.7 Å². The van der Waals surface area contributed by atoms with E-state index in [4.69, 9.17) is 11.6 Å². The average Bonchev–Trinajstić information content (AvgIpc) is 3.14. The Kier molecular flexibility index (Phi) is 5.15. The maximum Gasteiger partial charge on any atom is 0.246 e. The summed E-state index contributed by atoms with van der Waals surface area (Å²) < 4.78 is 28.3. The largest absolute Gasteiger partial charge is 0.338 e. The highest BCUT2D eigenvalue weighted by Crippen LogP contribution is 2.27. The van der Waals surface area contributed by atoms with E-state index in [1.54, 1.807) is 13.2 Å². The molecule has 4 rings (SSSR count). The van der Waals surface area contributed by atoms with Gasteiger partial charge in [-0.2, -0.15) is 9.40 Å². The van der Waals surface area contributed by atoms with E-state index < -0.39 is 10.0 Å². The zero-order chi connectivity index (χ0) is 19.9. The number of amides is 1. The minimum Gasteiger partial charge on any atom is -0.338 e. The summed E-state index contributed by atoms with van der Waals surface area (Å²) in [6.07, 6.45) is 6.25. The van der Waals surface area contributed by atoms with Crippen molar-refractivity contribution in [3.05, 3.63) is 40.9 Å². The highest BCUT2D eigenvalue weighted by atomic mass is 35.5. The molecule has 28 heavy (non-hydrogen) atoms. The van der Waals surface area contributed by atoms with Crippen molar-refractivity contribution in [2.24, 2.45) is 13.0 Å². The Morgan fingerprint density at radius 1 is 1.21 bits per heavy atom. The van der Waals surface area contributed by atoms with Crippen molar-refractivity contribution >= 4 is 27.5 Å². The number of carbonyl (C=O) groups is 1. The van der Waals surface area contributed by atoms with Crippen LogP contribution in [0.15, 0.2) is 29.6 Å². The van der Waals surface area contributed by atoms with E-state index in [1.165, 1.54) is 21.4 Å². The van der Waals surface area contributed by atoms with Crippen LogP contribution in [-0.2, 0) is 34.8 Å². The Morgan fingerprint density at radius 2 is 1.96 bits per heavy atom. The highest BCUT2D eigenvalue weighted by Gasteiger charge is 2.35. The van der Waals surface area contributed by atoms with Gasteiger partial charge in [-0.05, 0) is 24.5 Å². The molecule has 2 aromatic heterocycles. The quantitative estimate of drug-likeness (QED) is 0.745. The number of rotatable bonds is 3. The maximum absolute atomic E-state index is 13.0. The molecule has 4 heterocycles. The molecule has 0 saturated carbocycles. The zero-order valence-electron chi connectivity index (χ0n) is 15.6. The molecule has 1 fully saturated rings. The van der Waals surface area contributed by atoms with E-state index in [-0.39, 0.29) is 16.7 Å². The number of nitrogens with zero attached hydrogens (tertiary/aromatic N) is 5. The van der Waals surface area contributed by atoms with Crippen LogP contribution in [0, 0.1) is 5.92 Å². The van der Waals surface area contributed by atoms with Crippen LogP contribution in [0.3, 0.4) is 0 Å². The summed E-state index contributed by atoms with van der Waals surface area (Å²) in [7, 11) is -1.87. The van der Waals surface area contributed by atoms with Gasteiger partial charge in [0.05, 0.1) is 11.2 Å². The zero-order valence-corrected chi connectivity index (χ0v) is 17.2. The normalized spacial score (nSPS) is 18.9. The summed E-state index contributed by atoms with van der Waals surface area (Å²) in [5.41, 5.74) is 1.98. The number of halogens is 1. The number of aryl methyl sites for hydroxylation is 1. The standard InChI is InChI=1S/C18H22ClN5O3S/c1-22-12-16(10-21-22)28(26,27)24-6-2-13(3-7-24)18(25)23-5-4-17-14(11-23)8-15(19)9-20-17/h8-10,12-13H,2-7,11H2,1H3. The molecule has 10 heteroatoms. The van der Waals surface area contributed by atoms with Crippen molar-refractivity contribution < 1.29 is 13.2 Å². The van der Waals surface area contributed by atoms with Crippen molar-refractivity contribution in [3.63, 3.8) is 0 Å². The van der Waals surface area contributed by atoms with Gasteiger partial charge in [0.25, 0.3) is 0 Å². The van der Waals surface area contributed by atoms with Crippen LogP contribution in [0.2, 0.25) is 5.02 Å². The Bertz CT molecular complexity index is 998. The van der Waals surface area contributed by atoms with E-state index in [1.807, 2.05) is 11.0 Å². The minimum absolute atomic E-state index is 0.0871. The number of piperidine rings is 1. The third-order valence-electron chi connectivity index (χ3n) is 5.44. The molecular formula is C18H22ClN5O3S. The fourth-order valence-electron chi connectivity index (χ4n) is 3.87. The number of sulfonamides is 1. The van der Waals surface area contributed by atoms with E-state index in [2.05, 4.69) is 10.1 Å². The van der Waals surface area contributed by atoms with Crippen molar-refractivity contribution in [1.29, 1.82) is 0 Å². The number of aromatic nitrogens is 3. The third-order valence-corrected chi connectivity index (χ3v) is 7.50. The lowest BCUT2D eigenvalue weighted by molar-refractivity contribution is -0.137. The number of fused-ring (bicyclic) bond motifs is 1. The SMILES string of the molecule is Cn1cc(S(=O)(=O)N2CCC(C(=O)N3CCc4ncc(Cl)cc4C3)CC2)cn1.